The van der Waals surface area contributed by atoms with Gasteiger partial charge in [0.2, 0.25) is 0 Å². The first-order valence-corrected chi connectivity index (χ1v) is 13.9. The van der Waals surface area contributed by atoms with Gasteiger partial charge in [0.15, 0.2) is 29.1 Å². The van der Waals surface area contributed by atoms with Crippen LogP contribution in [0.5, 0.6) is 5.75 Å². The molecule has 0 unspecified atom stereocenters. The van der Waals surface area contributed by atoms with Gasteiger partial charge in [-0.2, -0.15) is 0 Å². The number of morpholine rings is 1. The maximum Gasteiger partial charge on any atom is 0.251 e. The Morgan fingerprint density at radius 3 is 1.93 bits per heavy atom. The van der Waals surface area contributed by atoms with Gasteiger partial charge in [-0.25, -0.2) is 17.6 Å². The van der Waals surface area contributed by atoms with E-state index in [1.54, 1.807) is 24.3 Å². The largest absolute Gasteiger partial charge is 0.492 e. The maximum atomic E-state index is 13.8. The molecule has 1 amide bonds. The van der Waals surface area contributed by atoms with Crippen molar-refractivity contribution in [3.8, 4) is 5.75 Å². The van der Waals surface area contributed by atoms with Crippen LogP contribution in [0.3, 0.4) is 0 Å². The Balaban J connectivity index is 1.30. The van der Waals surface area contributed by atoms with Gasteiger partial charge in [-0.3, -0.25) is 14.5 Å². The Kier molecular flexibility index (Phi) is 9.68. The SMILES string of the molecule is O=C1C(=Cc2ccc(F)c(F)c2)CC(NC(=O)c2ccc(OCCN3CCOCC3)cc2)CC1=Cc1ccc(F)c(F)c1. The van der Waals surface area contributed by atoms with E-state index < -0.39 is 35.1 Å². The van der Waals surface area contributed by atoms with E-state index >= 15 is 0 Å². The van der Waals surface area contributed by atoms with Crippen LogP contribution in [0.2, 0.25) is 0 Å². The molecule has 5 rings (SSSR count). The smallest absolute Gasteiger partial charge is 0.251 e. The second-order valence-corrected chi connectivity index (χ2v) is 10.4. The number of Topliss-reactive ketones (excluding diaryl/α,β-unsaturated/α-hetero) is 1. The van der Waals surface area contributed by atoms with Gasteiger partial charge in [0.1, 0.15) is 12.4 Å². The highest BCUT2D eigenvalue weighted by atomic mass is 19.2. The summed E-state index contributed by atoms with van der Waals surface area (Å²) in [6.07, 6.45) is 3.12. The molecule has 2 fully saturated rings. The van der Waals surface area contributed by atoms with Crippen molar-refractivity contribution in [2.24, 2.45) is 0 Å². The third-order valence-corrected chi connectivity index (χ3v) is 7.32. The van der Waals surface area contributed by atoms with Crippen LogP contribution >= 0.6 is 0 Å². The monoisotopic (exact) mass is 594 g/mol. The van der Waals surface area contributed by atoms with Crippen molar-refractivity contribution in [2.45, 2.75) is 18.9 Å². The Bertz CT molecular complexity index is 1480. The van der Waals surface area contributed by atoms with Gasteiger partial charge >= 0.3 is 0 Å². The summed E-state index contributed by atoms with van der Waals surface area (Å²) in [5.41, 5.74) is 1.42. The molecule has 43 heavy (non-hydrogen) atoms. The van der Waals surface area contributed by atoms with Crippen molar-refractivity contribution in [1.29, 1.82) is 0 Å². The minimum absolute atomic E-state index is 0.126. The Hall–Kier alpha value is -4.28. The summed E-state index contributed by atoms with van der Waals surface area (Å²) in [7, 11) is 0. The van der Waals surface area contributed by atoms with E-state index in [1.165, 1.54) is 24.3 Å². The van der Waals surface area contributed by atoms with Gasteiger partial charge in [0.25, 0.3) is 5.91 Å². The number of hydrogen-bond donors (Lipinski definition) is 1. The molecule has 3 aromatic rings. The Morgan fingerprint density at radius 1 is 0.837 bits per heavy atom. The highest BCUT2D eigenvalue weighted by molar-refractivity contribution is 6.14. The van der Waals surface area contributed by atoms with Crippen LogP contribution in [0, 0.1) is 23.3 Å². The molecule has 1 heterocycles. The number of hydrogen-bond acceptors (Lipinski definition) is 5. The number of carbonyl (C=O) groups is 2. The van der Waals surface area contributed by atoms with Gasteiger partial charge in [-0.1, -0.05) is 12.1 Å². The van der Waals surface area contributed by atoms with E-state index in [0.29, 0.717) is 31.1 Å². The molecule has 0 aromatic heterocycles. The third kappa shape index (κ3) is 7.97. The summed E-state index contributed by atoms with van der Waals surface area (Å²) < 4.78 is 65.8. The van der Waals surface area contributed by atoms with E-state index in [1.807, 2.05) is 0 Å². The number of benzene rings is 3. The minimum atomic E-state index is -1.06. The number of ketones is 1. The van der Waals surface area contributed by atoms with Crippen LogP contribution < -0.4 is 10.1 Å². The van der Waals surface area contributed by atoms with E-state index in [9.17, 15) is 27.2 Å². The average molecular weight is 595 g/mol. The number of ether oxygens (including phenoxy) is 2. The lowest BCUT2D eigenvalue weighted by atomic mass is 9.83. The lowest BCUT2D eigenvalue weighted by Gasteiger charge is -2.27. The predicted octanol–water partition coefficient (Wildman–Crippen LogP) is 5.58. The van der Waals surface area contributed by atoms with Gasteiger partial charge in [-0.15, -0.1) is 0 Å². The second kappa shape index (κ2) is 13.8. The van der Waals surface area contributed by atoms with Crippen molar-refractivity contribution in [2.75, 3.05) is 39.5 Å². The number of carbonyl (C=O) groups excluding carboxylic acids is 2. The van der Waals surface area contributed by atoms with Crippen LogP contribution in [0.1, 0.15) is 34.3 Å². The molecule has 1 aliphatic heterocycles. The van der Waals surface area contributed by atoms with Gasteiger partial charge in [0.05, 0.1) is 13.2 Å². The van der Waals surface area contributed by atoms with E-state index in [0.717, 1.165) is 43.9 Å². The van der Waals surface area contributed by atoms with Crippen LogP contribution in [-0.4, -0.2) is 62.1 Å². The summed E-state index contributed by atoms with van der Waals surface area (Å²) in [6, 6.07) is 12.7. The second-order valence-electron chi connectivity index (χ2n) is 10.4. The summed E-state index contributed by atoms with van der Waals surface area (Å²) in [5.74, 6) is -4.30. The molecule has 1 saturated heterocycles. The van der Waals surface area contributed by atoms with E-state index in [2.05, 4.69) is 10.2 Å². The van der Waals surface area contributed by atoms with Crippen LogP contribution in [0.4, 0.5) is 17.6 Å². The molecular weight excluding hydrogens is 564 g/mol. The molecule has 1 saturated carbocycles. The first kappa shape index (κ1) is 30.2. The summed E-state index contributed by atoms with van der Waals surface area (Å²) in [4.78, 5) is 28.8. The van der Waals surface area contributed by atoms with E-state index in [4.69, 9.17) is 9.47 Å². The van der Waals surface area contributed by atoms with Crippen molar-refractivity contribution in [1.82, 2.24) is 10.2 Å². The zero-order valence-corrected chi connectivity index (χ0v) is 23.3. The van der Waals surface area contributed by atoms with Gasteiger partial charge in [0, 0.05) is 42.4 Å². The lowest BCUT2D eigenvalue weighted by Crippen LogP contribution is -2.39. The molecule has 1 aliphatic carbocycles. The highest BCUT2D eigenvalue weighted by Crippen LogP contribution is 2.29. The van der Waals surface area contributed by atoms with Crippen molar-refractivity contribution < 1.29 is 36.6 Å². The fraction of sp³-hybridized carbons (Fsp3) is 0.273. The first-order valence-electron chi connectivity index (χ1n) is 13.9. The molecule has 0 atom stereocenters. The minimum Gasteiger partial charge on any atom is -0.492 e. The number of halogens is 4. The molecule has 10 heteroatoms. The summed E-state index contributed by atoms with van der Waals surface area (Å²) in [6.45, 7) is 4.43. The van der Waals surface area contributed by atoms with Crippen LogP contribution in [-0.2, 0) is 9.53 Å². The maximum absolute atomic E-state index is 13.8. The summed E-state index contributed by atoms with van der Waals surface area (Å²) in [5, 5.41) is 2.93. The predicted molar refractivity (Wildman–Crippen MR) is 153 cm³/mol. The van der Waals surface area contributed by atoms with Crippen LogP contribution in [0.25, 0.3) is 12.2 Å². The normalized spacial score (nSPS) is 19.5. The van der Waals surface area contributed by atoms with Gasteiger partial charge < -0.3 is 14.8 Å². The first-order chi connectivity index (χ1) is 20.7. The van der Waals surface area contributed by atoms with Crippen LogP contribution in [0.15, 0.2) is 71.8 Å². The zero-order valence-electron chi connectivity index (χ0n) is 23.3. The van der Waals surface area contributed by atoms with Crippen molar-refractivity contribution >= 4 is 23.8 Å². The van der Waals surface area contributed by atoms with E-state index in [-0.39, 0.29) is 41.0 Å². The number of amides is 1. The zero-order chi connectivity index (χ0) is 30.3. The fourth-order valence-electron chi connectivity index (χ4n) is 5.04. The Labute approximate surface area is 246 Å². The standard InChI is InChI=1S/C33H30F4N2O4/c34-28-7-1-21(17-30(28)36)15-24-19-26(20-25(32(24)40)16-22-2-8-29(35)31(37)18-22)38-33(41)23-3-5-27(6-4-23)43-14-11-39-9-12-42-13-10-39/h1-8,15-18,26H,9-14,19-20H2,(H,38,41). The third-order valence-electron chi connectivity index (χ3n) is 7.32. The quantitative estimate of drug-likeness (QED) is 0.273. The topological polar surface area (TPSA) is 67.9 Å². The molecule has 0 spiro atoms. The molecule has 0 radical (unpaired) electrons. The molecular formula is C33H30F4N2O4. The number of nitrogens with one attached hydrogen (secondary N) is 1. The highest BCUT2D eigenvalue weighted by Gasteiger charge is 2.29. The molecule has 6 nitrogen and oxygen atoms in total. The Morgan fingerprint density at radius 2 is 1.40 bits per heavy atom. The number of rotatable bonds is 8. The summed E-state index contributed by atoms with van der Waals surface area (Å²) >= 11 is 0. The molecule has 1 N–H and O–H groups in total. The molecule has 0 bridgehead atoms. The lowest BCUT2D eigenvalue weighted by molar-refractivity contribution is -0.113. The molecule has 3 aromatic carbocycles. The molecule has 224 valence electrons. The molecule has 2 aliphatic rings. The van der Waals surface area contributed by atoms with Gasteiger partial charge in [-0.05, 0) is 84.7 Å². The van der Waals surface area contributed by atoms with Crippen molar-refractivity contribution in [3.05, 3.63) is 112 Å². The fourth-order valence-corrected chi connectivity index (χ4v) is 5.04. The number of nitrogens with zero attached hydrogens (tertiary/aromatic N) is 1. The van der Waals surface area contributed by atoms with Crippen molar-refractivity contribution in [3.63, 3.8) is 0 Å². The average Bonchev–Trinajstić information content (AvgIpc) is 3.00.